The maximum Gasteiger partial charge on any atom is 0.266 e. The van der Waals surface area contributed by atoms with E-state index in [1.165, 1.54) is 16.9 Å². The van der Waals surface area contributed by atoms with Crippen molar-refractivity contribution in [2.45, 2.75) is 6.43 Å². The molecule has 0 atom stereocenters. The first-order valence-corrected chi connectivity index (χ1v) is 4.46. The van der Waals surface area contributed by atoms with E-state index in [-0.39, 0.29) is 16.9 Å². The Morgan fingerprint density at radius 1 is 1.50 bits per heavy atom. The molecular formula is C7H5BrF2N4. The minimum Gasteiger partial charge on any atom is -0.382 e. The molecule has 0 aromatic carbocycles. The summed E-state index contributed by atoms with van der Waals surface area (Å²) >= 11 is 3.10. The number of fused-ring (bicyclic) bond motifs is 1. The highest BCUT2D eigenvalue weighted by atomic mass is 79.9. The molecule has 2 aromatic heterocycles. The maximum absolute atomic E-state index is 12.5. The van der Waals surface area contributed by atoms with Crippen LogP contribution < -0.4 is 5.73 Å². The van der Waals surface area contributed by atoms with Gasteiger partial charge in [0.05, 0.1) is 0 Å². The molecule has 0 amide bonds. The minimum absolute atomic E-state index is 0.0426. The molecule has 0 aliphatic carbocycles. The van der Waals surface area contributed by atoms with Crippen LogP contribution in [0.15, 0.2) is 17.0 Å². The van der Waals surface area contributed by atoms with E-state index in [0.717, 1.165) is 0 Å². The van der Waals surface area contributed by atoms with Crippen LogP contribution in [0.25, 0.3) is 5.52 Å². The summed E-state index contributed by atoms with van der Waals surface area (Å²) in [5.41, 5.74) is 5.46. The second-order valence-electron chi connectivity index (χ2n) is 2.63. The Bertz CT molecular complexity index is 482. The summed E-state index contributed by atoms with van der Waals surface area (Å²) < 4.78 is 26.8. The molecule has 14 heavy (non-hydrogen) atoms. The predicted molar refractivity (Wildman–Crippen MR) is 50.1 cm³/mol. The Kier molecular flexibility index (Phi) is 2.10. The van der Waals surface area contributed by atoms with Gasteiger partial charge in [-0.3, -0.25) is 0 Å². The molecule has 0 aliphatic rings. The maximum atomic E-state index is 12.5. The fourth-order valence-electron chi connectivity index (χ4n) is 1.22. The first-order chi connectivity index (χ1) is 6.61. The van der Waals surface area contributed by atoms with Crippen molar-refractivity contribution in [2.75, 3.05) is 5.73 Å². The Morgan fingerprint density at radius 3 is 2.86 bits per heavy atom. The SMILES string of the molecule is Nc1ncnn2c(Br)cc(C(F)F)c12. The van der Waals surface area contributed by atoms with Crippen molar-refractivity contribution in [3.8, 4) is 0 Å². The van der Waals surface area contributed by atoms with Crippen LogP contribution in [0.2, 0.25) is 0 Å². The molecule has 0 spiro atoms. The minimum atomic E-state index is -2.59. The van der Waals surface area contributed by atoms with Gasteiger partial charge in [0, 0.05) is 5.56 Å². The number of nitrogens with zero attached hydrogens (tertiary/aromatic N) is 3. The van der Waals surface area contributed by atoms with Gasteiger partial charge in [-0.15, -0.1) is 0 Å². The Hall–Kier alpha value is -1.24. The summed E-state index contributed by atoms with van der Waals surface area (Å²) in [4.78, 5) is 3.66. The van der Waals surface area contributed by atoms with Crippen LogP contribution in [0, 0.1) is 0 Å². The van der Waals surface area contributed by atoms with Crippen LogP contribution in [-0.4, -0.2) is 14.6 Å². The summed E-state index contributed by atoms with van der Waals surface area (Å²) in [5.74, 6) is 0.0426. The number of rotatable bonds is 1. The van der Waals surface area contributed by atoms with Crippen LogP contribution in [0.1, 0.15) is 12.0 Å². The second-order valence-corrected chi connectivity index (χ2v) is 3.44. The molecule has 2 aromatic rings. The van der Waals surface area contributed by atoms with E-state index in [4.69, 9.17) is 5.73 Å². The first kappa shape index (κ1) is 9.32. The molecule has 0 fully saturated rings. The molecule has 4 nitrogen and oxygen atoms in total. The summed E-state index contributed by atoms with van der Waals surface area (Å²) in [6.45, 7) is 0. The highest BCUT2D eigenvalue weighted by Crippen LogP contribution is 2.30. The number of aromatic nitrogens is 3. The molecule has 2 heterocycles. The lowest BCUT2D eigenvalue weighted by Crippen LogP contribution is -2.00. The van der Waals surface area contributed by atoms with Gasteiger partial charge < -0.3 is 5.73 Å². The van der Waals surface area contributed by atoms with E-state index in [0.29, 0.717) is 4.60 Å². The van der Waals surface area contributed by atoms with Gasteiger partial charge in [0.1, 0.15) is 16.4 Å². The molecule has 0 aliphatic heterocycles. The van der Waals surface area contributed by atoms with Gasteiger partial charge in [-0.1, -0.05) is 0 Å². The smallest absolute Gasteiger partial charge is 0.266 e. The van der Waals surface area contributed by atoms with Crippen LogP contribution >= 0.6 is 15.9 Å². The number of nitrogen functional groups attached to an aromatic ring is 1. The van der Waals surface area contributed by atoms with Crippen molar-refractivity contribution in [2.24, 2.45) is 0 Å². The molecule has 7 heteroatoms. The average Bonchev–Trinajstić information content (AvgIpc) is 2.46. The zero-order valence-corrected chi connectivity index (χ0v) is 8.37. The average molecular weight is 263 g/mol. The molecular weight excluding hydrogens is 258 g/mol. The lowest BCUT2D eigenvalue weighted by atomic mass is 10.3. The number of hydrogen-bond donors (Lipinski definition) is 1. The quantitative estimate of drug-likeness (QED) is 0.856. The second kappa shape index (κ2) is 3.16. The molecule has 74 valence electrons. The third-order valence-corrected chi connectivity index (χ3v) is 2.37. The summed E-state index contributed by atoms with van der Waals surface area (Å²) in [7, 11) is 0. The number of hydrogen-bond acceptors (Lipinski definition) is 3. The van der Waals surface area contributed by atoms with Gasteiger partial charge in [0.15, 0.2) is 5.82 Å². The van der Waals surface area contributed by atoms with Gasteiger partial charge in [0.25, 0.3) is 6.43 Å². The van der Waals surface area contributed by atoms with Gasteiger partial charge >= 0.3 is 0 Å². The molecule has 0 radical (unpaired) electrons. The van der Waals surface area contributed by atoms with Crippen molar-refractivity contribution in [1.82, 2.24) is 14.6 Å². The Morgan fingerprint density at radius 2 is 2.21 bits per heavy atom. The van der Waals surface area contributed by atoms with Crippen molar-refractivity contribution >= 4 is 27.3 Å². The Balaban J connectivity index is 2.86. The summed E-state index contributed by atoms with van der Waals surface area (Å²) in [6.07, 6.45) is -1.38. The normalized spacial score (nSPS) is 11.4. The molecule has 0 saturated carbocycles. The van der Waals surface area contributed by atoms with Crippen molar-refractivity contribution in [3.05, 3.63) is 22.6 Å². The van der Waals surface area contributed by atoms with Crippen LogP contribution in [0.3, 0.4) is 0 Å². The third-order valence-electron chi connectivity index (χ3n) is 1.80. The van der Waals surface area contributed by atoms with Gasteiger partial charge in [-0.05, 0) is 22.0 Å². The highest BCUT2D eigenvalue weighted by molar-refractivity contribution is 9.10. The van der Waals surface area contributed by atoms with Crippen LogP contribution in [0.5, 0.6) is 0 Å². The van der Waals surface area contributed by atoms with Gasteiger partial charge in [-0.25, -0.2) is 18.3 Å². The van der Waals surface area contributed by atoms with E-state index < -0.39 is 6.43 Å². The summed E-state index contributed by atoms with van der Waals surface area (Å²) in [5, 5.41) is 3.79. The monoisotopic (exact) mass is 262 g/mol. The van der Waals surface area contributed by atoms with E-state index >= 15 is 0 Å². The fourth-order valence-corrected chi connectivity index (χ4v) is 1.74. The van der Waals surface area contributed by atoms with E-state index in [2.05, 4.69) is 26.0 Å². The predicted octanol–water partition coefficient (Wildman–Crippen LogP) is 2.01. The highest BCUT2D eigenvalue weighted by Gasteiger charge is 2.18. The zero-order valence-electron chi connectivity index (χ0n) is 6.78. The first-order valence-electron chi connectivity index (χ1n) is 3.67. The number of nitrogens with two attached hydrogens (primary N) is 1. The lowest BCUT2D eigenvalue weighted by Gasteiger charge is -2.00. The molecule has 0 bridgehead atoms. The standard InChI is InChI=1S/C7H5BrF2N4/c8-4-1-3(6(9)10)5-7(11)12-2-13-14(4)5/h1-2,6H,(H2,11,12,13). The largest absolute Gasteiger partial charge is 0.382 e. The zero-order chi connectivity index (χ0) is 10.3. The van der Waals surface area contributed by atoms with E-state index in [1.54, 1.807) is 0 Å². The van der Waals surface area contributed by atoms with E-state index in [9.17, 15) is 8.78 Å². The number of halogens is 3. The molecule has 0 saturated heterocycles. The van der Waals surface area contributed by atoms with Crippen molar-refractivity contribution in [3.63, 3.8) is 0 Å². The topological polar surface area (TPSA) is 56.2 Å². The number of alkyl halides is 2. The summed E-state index contributed by atoms with van der Waals surface area (Å²) in [6, 6.07) is 1.28. The number of anilines is 1. The lowest BCUT2D eigenvalue weighted by molar-refractivity contribution is 0.153. The van der Waals surface area contributed by atoms with Crippen LogP contribution in [-0.2, 0) is 0 Å². The van der Waals surface area contributed by atoms with Crippen molar-refractivity contribution < 1.29 is 8.78 Å². The van der Waals surface area contributed by atoms with Gasteiger partial charge in [-0.2, -0.15) is 5.10 Å². The molecule has 2 rings (SSSR count). The van der Waals surface area contributed by atoms with Gasteiger partial charge in [0.2, 0.25) is 0 Å². The van der Waals surface area contributed by atoms with Crippen LogP contribution in [0.4, 0.5) is 14.6 Å². The van der Waals surface area contributed by atoms with E-state index in [1.807, 2.05) is 0 Å². The third kappa shape index (κ3) is 1.24. The molecule has 0 unspecified atom stereocenters. The molecule has 2 N–H and O–H groups in total. The Labute approximate surface area is 85.9 Å². The van der Waals surface area contributed by atoms with Crippen molar-refractivity contribution in [1.29, 1.82) is 0 Å². The fraction of sp³-hybridized carbons (Fsp3) is 0.143.